The van der Waals surface area contributed by atoms with Gasteiger partial charge in [0.2, 0.25) is 0 Å². The lowest BCUT2D eigenvalue weighted by Gasteiger charge is -2.35. The lowest BCUT2D eigenvalue weighted by atomic mass is 9.77. The average molecular weight is 199 g/mol. The van der Waals surface area contributed by atoms with Crippen molar-refractivity contribution in [1.82, 2.24) is 0 Å². The number of ether oxygens (including phenoxy) is 1. The molecule has 0 bridgehead atoms. The van der Waals surface area contributed by atoms with Crippen LogP contribution < -0.4 is 0 Å². The first-order valence-electron chi connectivity index (χ1n) is 5.13. The fourth-order valence-corrected chi connectivity index (χ4v) is 1.62. The maximum absolute atomic E-state index is 10.3. The second-order valence-corrected chi connectivity index (χ2v) is 4.05. The van der Waals surface area contributed by atoms with E-state index in [-0.39, 0.29) is 18.4 Å². The second kappa shape index (κ2) is 6.00. The van der Waals surface area contributed by atoms with Crippen LogP contribution in [0.2, 0.25) is 0 Å². The largest absolute Gasteiger partial charge is 0.386 e. The first-order valence-corrected chi connectivity index (χ1v) is 5.13. The van der Waals surface area contributed by atoms with Gasteiger partial charge < -0.3 is 9.84 Å². The second-order valence-electron chi connectivity index (χ2n) is 4.05. The number of nitrogens with zero attached hydrogens (tertiary/aromatic N) is 1. The summed E-state index contributed by atoms with van der Waals surface area (Å²) in [6, 6.07) is 2.18. The first kappa shape index (κ1) is 13.4. The summed E-state index contributed by atoms with van der Waals surface area (Å²) >= 11 is 0. The Labute approximate surface area is 86.7 Å². The SMILES string of the molecule is CCCC(C#N)C(O)(COC)C(C)C. The molecule has 0 heterocycles. The molecule has 3 nitrogen and oxygen atoms in total. The van der Waals surface area contributed by atoms with Crippen molar-refractivity contribution in [3.63, 3.8) is 0 Å². The van der Waals surface area contributed by atoms with Crippen LogP contribution in [0.15, 0.2) is 0 Å². The van der Waals surface area contributed by atoms with Gasteiger partial charge in [0, 0.05) is 7.11 Å². The summed E-state index contributed by atoms with van der Waals surface area (Å²) in [6.07, 6.45) is 1.62. The predicted molar refractivity (Wildman–Crippen MR) is 55.7 cm³/mol. The van der Waals surface area contributed by atoms with E-state index in [2.05, 4.69) is 6.07 Å². The Morgan fingerprint density at radius 2 is 2.07 bits per heavy atom. The van der Waals surface area contributed by atoms with E-state index in [1.165, 1.54) is 0 Å². The van der Waals surface area contributed by atoms with Gasteiger partial charge in [-0.3, -0.25) is 0 Å². The molecule has 0 radical (unpaired) electrons. The molecule has 0 saturated heterocycles. The Balaban J connectivity index is 4.68. The normalized spacial score (nSPS) is 17.5. The predicted octanol–water partition coefficient (Wildman–Crippen LogP) is 1.96. The molecule has 0 amide bonds. The highest BCUT2D eigenvalue weighted by atomic mass is 16.5. The van der Waals surface area contributed by atoms with Gasteiger partial charge in [0.15, 0.2) is 0 Å². The highest BCUT2D eigenvalue weighted by Crippen LogP contribution is 2.29. The number of hydrogen-bond acceptors (Lipinski definition) is 3. The Morgan fingerprint density at radius 3 is 2.36 bits per heavy atom. The molecule has 2 unspecified atom stereocenters. The molecular weight excluding hydrogens is 178 g/mol. The number of rotatable bonds is 6. The number of hydrogen-bond donors (Lipinski definition) is 1. The third-order valence-electron chi connectivity index (χ3n) is 2.71. The summed E-state index contributed by atoms with van der Waals surface area (Å²) in [5.41, 5.74) is -1.01. The number of methoxy groups -OCH3 is 1. The topological polar surface area (TPSA) is 53.2 Å². The molecule has 14 heavy (non-hydrogen) atoms. The van der Waals surface area contributed by atoms with E-state index in [1.807, 2.05) is 20.8 Å². The fourth-order valence-electron chi connectivity index (χ4n) is 1.62. The number of aliphatic hydroxyl groups is 1. The molecule has 0 spiro atoms. The third-order valence-corrected chi connectivity index (χ3v) is 2.71. The minimum Gasteiger partial charge on any atom is -0.386 e. The highest BCUT2D eigenvalue weighted by molar-refractivity contribution is 5.00. The minimum absolute atomic E-state index is 0.0265. The molecular formula is C11H21NO2. The molecule has 2 atom stereocenters. The minimum atomic E-state index is -1.01. The molecule has 0 saturated carbocycles. The Hall–Kier alpha value is -0.590. The van der Waals surface area contributed by atoms with E-state index in [1.54, 1.807) is 7.11 Å². The van der Waals surface area contributed by atoms with E-state index in [9.17, 15) is 5.11 Å². The van der Waals surface area contributed by atoms with Crippen LogP contribution in [-0.4, -0.2) is 24.4 Å². The van der Waals surface area contributed by atoms with Crippen molar-refractivity contribution in [2.24, 2.45) is 11.8 Å². The van der Waals surface area contributed by atoms with E-state index in [0.29, 0.717) is 6.42 Å². The van der Waals surface area contributed by atoms with Crippen molar-refractivity contribution < 1.29 is 9.84 Å². The van der Waals surface area contributed by atoms with Gasteiger partial charge in [0.25, 0.3) is 0 Å². The zero-order chi connectivity index (χ0) is 11.2. The summed E-state index contributed by atoms with van der Waals surface area (Å²) in [5, 5.41) is 19.3. The molecule has 0 fully saturated rings. The smallest absolute Gasteiger partial charge is 0.106 e. The van der Waals surface area contributed by atoms with Crippen LogP contribution in [0, 0.1) is 23.2 Å². The Morgan fingerprint density at radius 1 is 1.50 bits per heavy atom. The summed E-state index contributed by atoms with van der Waals surface area (Å²) in [7, 11) is 1.55. The average Bonchev–Trinajstić information content (AvgIpc) is 2.14. The van der Waals surface area contributed by atoms with Crippen LogP contribution >= 0.6 is 0 Å². The van der Waals surface area contributed by atoms with Crippen LogP contribution in [0.25, 0.3) is 0 Å². The van der Waals surface area contributed by atoms with Gasteiger partial charge in [-0.15, -0.1) is 0 Å². The summed E-state index contributed by atoms with van der Waals surface area (Å²) in [4.78, 5) is 0. The van der Waals surface area contributed by atoms with Crippen molar-refractivity contribution in [1.29, 1.82) is 5.26 Å². The third kappa shape index (κ3) is 2.97. The van der Waals surface area contributed by atoms with Gasteiger partial charge in [0.1, 0.15) is 5.60 Å². The van der Waals surface area contributed by atoms with Gasteiger partial charge >= 0.3 is 0 Å². The zero-order valence-corrected chi connectivity index (χ0v) is 9.58. The van der Waals surface area contributed by atoms with Gasteiger partial charge in [-0.05, 0) is 12.3 Å². The van der Waals surface area contributed by atoms with E-state index >= 15 is 0 Å². The van der Waals surface area contributed by atoms with Crippen LogP contribution in [0.5, 0.6) is 0 Å². The van der Waals surface area contributed by atoms with Crippen molar-refractivity contribution in [3.05, 3.63) is 0 Å². The fraction of sp³-hybridized carbons (Fsp3) is 0.909. The van der Waals surface area contributed by atoms with E-state index in [4.69, 9.17) is 10.00 Å². The number of nitriles is 1. The standard InChI is InChI=1S/C11H21NO2/c1-5-6-10(7-12)11(13,8-14-4)9(2)3/h9-10,13H,5-6,8H2,1-4H3. The first-order chi connectivity index (χ1) is 6.52. The highest BCUT2D eigenvalue weighted by Gasteiger charge is 2.39. The quantitative estimate of drug-likeness (QED) is 0.711. The van der Waals surface area contributed by atoms with E-state index < -0.39 is 5.60 Å². The molecule has 0 aliphatic rings. The Bertz CT molecular complexity index is 198. The van der Waals surface area contributed by atoms with Crippen molar-refractivity contribution in [3.8, 4) is 6.07 Å². The van der Waals surface area contributed by atoms with Crippen molar-refractivity contribution in [2.75, 3.05) is 13.7 Å². The molecule has 1 N–H and O–H groups in total. The molecule has 0 rings (SSSR count). The zero-order valence-electron chi connectivity index (χ0n) is 9.58. The lowest BCUT2D eigenvalue weighted by Crippen LogP contribution is -2.46. The summed E-state index contributed by atoms with van der Waals surface area (Å²) in [6.45, 7) is 6.07. The molecule has 0 aromatic heterocycles. The molecule has 0 aromatic carbocycles. The van der Waals surface area contributed by atoms with Crippen LogP contribution in [0.3, 0.4) is 0 Å². The van der Waals surface area contributed by atoms with E-state index in [0.717, 1.165) is 6.42 Å². The lowest BCUT2D eigenvalue weighted by molar-refractivity contribution is -0.0930. The molecule has 0 aromatic rings. The summed E-state index contributed by atoms with van der Waals surface area (Å²) in [5.74, 6) is -0.314. The van der Waals surface area contributed by atoms with Gasteiger partial charge in [-0.1, -0.05) is 27.2 Å². The molecule has 82 valence electrons. The van der Waals surface area contributed by atoms with Crippen LogP contribution in [0.4, 0.5) is 0 Å². The van der Waals surface area contributed by atoms with Gasteiger partial charge in [0.05, 0.1) is 18.6 Å². The maximum Gasteiger partial charge on any atom is 0.106 e. The van der Waals surface area contributed by atoms with Crippen molar-refractivity contribution >= 4 is 0 Å². The molecule has 3 heteroatoms. The Kier molecular flexibility index (Phi) is 5.75. The monoisotopic (exact) mass is 199 g/mol. The van der Waals surface area contributed by atoms with Crippen LogP contribution in [0.1, 0.15) is 33.6 Å². The van der Waals surface area contributed by atoms with Crippen LogP contribution in [-0.2, 0) is 4.74 Å². The molecule has 0 aliphatic heterocycles. The van der Waals surface area contributed by atoms with Crippen molar-refractivity contribution in [2.45, 2.75) is 39.2 Å². The molecule has 0 aliphatic carbocycles. The summed E-state index contributed by atoms with van der Waals surface area (Å²) < 4.78 is 5.00. The maximum atomic E-state index is 10.3. The van der Waals surface area contributed by atoms with Gasteiger partial charge in [-0.25, -0.2) is 0 Å². The van der Waals surface area contributed by atoms with Gasteiger partial charge in [-0.2, -0.15) is 5.26 Å².